The molecule has 1 amide bonds. The van der Waals surface area contributed by atoms with Crippen molar-refractivity contribution in [3.8, 4) is 0 Å². The van der Waals surface area contributed by atoms with E-state index in [1.807, 2.05) is 24.0 Å². The SMILES string of the molecule is Cc1nccc(N2CCN(C(=O)Cc3ccn[nH]3)CC2)n1. The Hall–Kier alpha value is -2.44. The van der Waals surface area contributed by atoms with Crippen molar-refractivity contribution in [2.75, 3.05) is 31.1 Å². The monoisotopic (exact) mass is 286 g/mol. The molecule has 0 bridgehead atoms. The molecule has 7 nitrogen and oxygen atoms in total. The van der Waals surface area contributed by atoms with Crippen LogP contribution in [0.15, 0.2) is 24.5 Å². The Morgan fingerprint density at radius 2 is 2.05 bits per heavy atom. The number of H-pyrrole nitrogens is 1. The number of amides is 1. The van der Waals surface area contributed by atoms with Crippen LogP contribution >= 0.6 is 0 Å². The predicted octanol–water partition coefficient (Wildman–Crippen LogP) is 0.399. The number of nitrogens with one attached hydrogen (secondary N) is 1. The molecule has 3 heterocycles. The molecule has 1 N–H and O–H groups in total. The zero-order chi connectivity index (χ0) is 14.7. The maximum atomic E-state index is 12.2. The van der Waals surface area contributed by atoms with E-state index in [0.717, 1.165) is 43.5 Å². The summed E-state index contributed by atoms with van der Waals surface area (Å²) in [6.45, 7) is 4.91. The number of hydrogen-bond donors (Lipinski definition) is 1. The third-order valence-electron chi connectivity index (χ3n) is 3.62. The molecule has 7 heteroatoms. The van der Waals surface area contributed by atoms with Crippen molar-refractivity contribution in [3.63, 3.8) is 0 Å². The molecule has 3 rings (SSSR count). The Balaban J connectivity index is 1.56. The van der Waals surface area contributed by atoms with E-state index in [1.54, 1.807) is 12.4 Å². The van der Waals surface area contributed by atoms with Gasteiger partial charge in [0.15, 0.2) is 0 Å². The fraction of sp³-hybridized carbons (Fsp3) is 0.429. The second kappa shape index (κ2) is 5.90. The Bertz CT molecular complexity index is 604. The molecule has 0 aliphatic carbocycles. The van der Waals surface area contributed by atoms with E-state index in [1.165, 1.54) is 0 Å². The topological polar surface area (TPSA) is 78.0 Å². The predicted molar refractivity (Wildman–Crippen MR) is 77.9 cm³/mol. The van der Waals surface area contributed by atoms with Gasteiger partial charge in [-0.3, -0.25) is 9.89 Å². The van der Waals surface area contributed by atoms with E-state index in [9.17, 15) is 4.79 Å². The molecule has 1 aliphatic rings. The zero-order valence-electron chi connectivity index (χ0n) is 12.0. The van der Waals surface area contributed by atoms with E-state index in [2.05, 4.69) is 25.1 Å². The first-order chi connectivity index (χ1) is 10.2. The third-order valence-corrected chi connectivity index (χ3v) is 3.62. The Morgan fingerprint density at radius 3 is 2.71 bits per heavy atom. The number of piperazine rings is 1. The van der Waals surface area contributed by atoms with Crippen LogP contribution in [0.25, 0.3) is 0 Å². The molecular weight excluding hydrogens is 268 g/mol. The lowest BCUT2D eigenvalue weighted by Crippen LogP contribution is -2.49. The second-order valence-corrected chi connectivity index (χ2v) is 5.09. The molecule has 0 saturated carbocycles. The molecule has 1 aliphatic heterocycles. The van der Waals surface area contributed by atoms with Crippen molar-refractivity contribution in [2.24, 2.45) is 0 Å². The van der Waals surface area contributed by atoms with Crippen LogP contribution in [0.1, 0.15) is 11.5 Å². The highest BCUT2D eigenvalue weighted by atomic mass is 16.2. The van der Waals surface area contributed by atoms with Crippen molar-refractivity contribution in [3.05, 3.63) is 36.0 Å². The molecule has 0 unspecified atom stereocenters. The Kier molecular flexibility index (Phi) is 3.81. The van der Waals surface area contributed by atoms with E-state index >= 15 is 0 Å². The molecule has 1 fully saturated rings. The molecule has 2 aromatic heterocycles. The number of aromatic amines is 1. The van der Waals surface area contributed by atoms with Gasteiger partial charge in [0.25, 0.3) is 0 Å². The van der Waals surface area contributed by atoms with E-state index in [0.29, 0.717) is 6.42 Å². The van der Waals surface area contributed by atoms with Crippen LogP contribution in [0.4, 0.5) is 5.82 Å². The van der Waals surface area contributed by atoms with Gasteiger partial charge in [0, 0.05) is 44.3 Å². The van der Waals surface area contributed by atoms with Gasteiger partial charge in [-0.05, 0) is 19.1 Å². The summed E-state index contributed by atoms with van der Waals surface area (Å²) in [6, 6.07) is 3.74. The van der Waals surface area contributed by atoms with Crippen LogP contribution in [0.3, 0.4) is 0 Å². The number of nitrogens with zero attached hydrogens (tertiary/aromatic N) is 5. The summed E-state index contributed by atoms with van der Waals surface area (Å²) in [5.41, 5.74) is 0.855. The fourth-order valence-electron chi connectivity index (χ4n) is 2.46. The Morgan fingerprint density at radius 1 is 1.24 bits per heavy atom. The van der Waals surface area contributed by atoms with E-state index in [-0.39, 0.29) is 5.91 Å². The summed E-state index contributed by atoms with van der Waals surface area (Å²) in [7, 11) is 0. The number of aromatic nitrogens is 4. The largest absolute Gasteiger partial charge is 0.353 e. The minimum absolute atomic E-state index is 0.137. The first kappa shape index (κ1) is 13.5. The Labute approximate surface area is 123 Å². The molecule has 0 aromatic carbocycles. The van der Waals surface area contributed by atoms with Crippen molar-refractivity contribution in [2.45, 2.75) is 13.3 Å². The highest BCUT2D eigenvalue weighted by Gasteiger charge is 2.22. The van der Waals surface area contributed by atoms with Gasteiger partial charge in [-0.25, -0.2) is 9.97 Å². The van der Waals surface area contributed by atoms with Crippen LogP contribution in [0.2, 0.25) is 0 Å². The maximum Gasteiger partial charge on any atom is 0.228 e. The molecule has 1 saturated heterocycles. The van der Waals surface area contributed by atoms with Crippen LogP contribution in [-0.4, -0.2) is 57.2 Å². The number of aryl methyl sites for hydroxylation is 1. The van der Waals surface area contributed by atoms with Crippen molar-refractivity contribution in [1.82, 2.24) is 25.1 Å². The summed E-state index contributed by atoms with van der Waals surface area (Å²) in [5.74, 6) is 1.84. The number of carbonyl (C=O) groups is 1. The summed E-state index contributed by atoms with van der Waals surface area (Å²) < 4.78 is 0. The summed E-state index contributed by atoms with van der Waals surface area (Å²) in [5, 5.41) is 6.69. The zero-order valence-corrected chi connectivity index (χ0v) is 12.0. The molecule has 0 spiro atoms. The average molecular weight is 286 g/mol. The minimum Gasteiger partial charge on any atom is -0.353 e. The fourth-order valence-corrected chi connectivity index (χ4v) is 2.46. The molecule has 2 aromatic rings. The second-order valence-electron chi connectivity index (χ2n) is 5.09. The number of hydrogen-bond acceptors (Lipinski definition) is 5. The van der Waals surface area contributed by atoms with E-state index < -0.39 is 0 Å². The maximum absolute atomic E-state index is 12.2. The van der Waals surface area contributed by atoms with Gasteiger partial charge in [0.05, 0.1) is 6.42 Å². The van der Waals surface area contributed by atoms with Crippen molar-refractivity contribution < 1.29 is 4.79 Å². The van der Waals surface area contributed by atoms with Crippen LogP contribution in [-0.2, 0) is 11.2 Å². The summed E-state index contributed by atoms with van der Waals surface area (Å²) in [6.07, 6.45) is 3.82. The molecule has 0 radical (unpaired) electrons. The number of anilines is 1. The smallest absolute Gasteiger partial charge is 0.228 e. The van der Waals surface area contributed by atoms with E-state index in [4.69, 9.17) is 0 Å². The molecule has 0 atom stereocenters. The van der Waals surface area contributed by atoms with Crippen molar-refractivity contribution >= 4 is 11.7 Å². The number of rotatable bonds is 3. The highest BCUT2D eigenvalue weighted by Crippen LogP contribution is 2.13. The molecular formula is C14H18N6O. The minimum atomic E-state index is 0.137. The van der Waals surface area contributed by atoms with Gasteiger partial charge in [-0.1, -0.05) is 0 Å². The highest BCUT2D eigenvalue weighted by molar-refractivity contribution is 5.78. The number of carbonyl (C=O) groups excluding carboxylic acids is 1. The quantitative estimate of drug-likeness (QED) is 0.883. The molecule has 110 valence electrons. The summed E-state index contributed by atoms with van der Waals surface area (Å²) in [4.78, 5) is 24.8. The van der Waals surface area contributed by atoms with Crippen LogP contribution in [0.5, 0.6) is 0 Å². The standard InChI is InChI=1S/C14H18N6O/c1-11-15-4-3-13(17-11)19-6-8-20(9-7-19)14(21)10-12-2-5-16-18-12/h2-5H,6-10H2,1H3,(H,16,18). The third kappa shape index (κ3) is 3.18. The van der Waals surface area contributed by atoms with Gasteiger partial charge >= 0.3 is 0 Å². The van der Waals surface area contributed by atoms with Crippen LogP contribution in [0, 0.1) is 6.92 Å². The first-order valence-corrected chi connectivity index (χ1v) is 7.03. The average Bonchev–Trinajstić information content (AvgIpc) is 3.00. The van der Waals surface area contributed by atoms with Gasteiger partial charge < -0.3 is 9.80 Å². The van der Waals surface area contributed by atoms with Gasteiger partial charge in [0.2, 0.25) is 5.91 Å². The lowest BCUT2D eigenvalue weighted by atomic mass is 10.2. The first-order valence-electron chi connectivity index (χ1n) is 7.03. The van der Waals surface area contributed by atoms with Gasteiger partial charge in [-0.15, -0.1) is 0 Å². The lowest BCUT2D eigenvalue weighted by Gasteiger charge is -2.35. The summed E-state index contributed by atoms with van der Waals surface area (Å²) >= 11 is 0. The normalized spacial score (nSPS) is 15.3. The molecule has 21 heavy (non-hydrogen) atoms. The van der Waals surface area contributed by atoms with Gasteiger partial charge in [0.1, 0.15) is 11.6 Å². The lowest BCUT2D eigenvalue weighted by molar-refractivity contribution is -0.130. The van der Waals surface area contributed by atoms with Gasteiger partial charge in [-0.2, -0.15) is 5.10 Å². The van der Waals surface area contributed by atoms with Crippen LogP contribution < -0.4 is 4.90 Å². The van der Waals surface area contributed by atoms with Crippen molar-refractivity contribution in [1.29, 1.82) is 0 Å².